The maximum Gasteiger partial charge on any atom is -0.0104 e. The molecular weight excluding hydrogens is 336 g/mol. The highest BCUT2D eigenvalue weighted by molar-refractivity contribution is 5.70. The predicted octanol–water partition coefficient (Wildman–Crippen LogP) is 8.40. The molecule has 0 heterocycles. The Morgan fingerprint density at radius 1 is 0.500 bits per heavy atom. The molecule has 0 saturated heterocycles. The fourth-order valence-electron chi connectivity index (χ4n) is 3.90. The number of hydrogen-bond donors (Lipinski definition) is 0. The topological polar surface area (TPSA) is 0 Å². The zero-order valence-electron chi connectivity index (χ0n) is 18.3. The van der Waals surface area contributed by atoms with Crippen LogP contribution in [-0.4, -0.2) is 0 Å². The van der Waals surface area contributed by atoms with Gasteiger partial charge >= 0.3 is 0 Å². The Morgan fingerprint density at radius 3 is 1.14 bits per heavy atom. The molecule has 0 aliphatic heterocycles. The summed E-state index contributed by atoms with van der Waals surface area (Å²) in [5.74, 6) is 0. The lowest BCUT2D eigenvalue weighted by Gasteiger charge is -2.25. The van der Waals surface area contributed by atoms with Crippen molar-refractivity contribution in [1.82, 2.24) is 0 Å². The van der Waals surface area contributed by atoms with Crippen molar-refractivity contribution in [3.8, 4) is 22.3 Å². The summed E-state index contributed by atoms with van der Waals surface area (Å²) in [7, 11) is 0. The molecule has 0 N–H and O–H groups in total. The van der Waals surface area contributed by atoms with Crippen LogP contribution in [0.4, 0.5) is 0 Å². The minimum Gasteiger partial charge on any atom is -0.0654 e. The third-order valence-electron chi connectivity index (χ3n) is 5.84. The third-order valence-corrected chi connectivity index (χ3v) is 5.84. The third kappa shape index (κ3) is 4.55. The molecule has 0 unspecified atom stereocenters. The zero-order valence-corrected chi connectivity index (χ0v) is 18.3. The number of rotatable bonds is 5. The molecule has 3 aromatic rings. The van der Waals surface area contributed by atoms with Crippen LogP contribution in [0, 0.1) is 0 Å². The van der Waals surface area contributed by atoms with Crippen LogP contribution in [0.3, 0.4) is 0 Å². The van der Waals surface area contributed by atoms with Crippen molar-refractivity contribution in [2.24, 2.45) is 0 Å². The lowest BCUT2D eigenvalue weighted by Crippen LogP contribution is -2.16. The van der Waals surface area contributed by atoms with Crippen LogP contribution in [0.1, 0.15) is 65.5 Å². The van der Waals surface area contributed by atoms with Gasteiger partial charge in [-0.05, 0) is 50.6 Å². The van der Waals surface area contributed by atoms with Crippen LogP contribution in [0.5, 0.6) is 0 Å². The largest absolute Gasteiger partial charge is 0.0654 e. The van der Waals surface area contributed by atoms with Crippen LogP contribution in [0.2, 0.25) is 0 Å². The molecule has 0 aromatic heterocycles. The lowest BCUT2D eigenvalue weighted by molar-refractivity contribution is 0.473. The molecule has 28 heavy (non-hydrogen) atoms. The Kier molecular flexibility index (Phi) is 5.79. The van der Waals surface area contributed by atoms with Gasteiger partial charge in [0.25, 0.3) is 0 Å². The van der Waals surface area contributed by atoms with E-state index in [9.17, 15) is 0 Å². The van der Waals surface area contributed by atoms with Crippen molar-refractivity contribution >= 4 is 0 Å². The molecule has 0 radical (unpaired) electrons. The SMILES string of the molecule is CCCC(C)(C)c1ccc(-c2ccc(-c3ccc(C(C)(C)C)cc3)cc2)cc1. The van der Waals surface area contributed by atoms with Crippen molar-refractivity contribution in [2.75, 3.05) is 0 Å². The summed E-state index contributed by atoms with van der Waals surface area (Å²) >= 11 is 0. The summed E-state index contributed by atoms with van der Waals surface area (Å²) in [5.41, 5.74) is 8.34. The van der Waals surface area contributed by atoms with Crippen molar-refractivity contribution in [1.29, 1.82) is 0 Å². The maximum atomic E-state index is 2.34. The Labute approximate surface area is 171 Å². The van der Waals surface area contributed by atoms with Gasteiger partial charge in [0.15, 0.2) is 0 Å². The minimum atomic E-state index is 0.195. The lowest BCUT2D eigenvalue weighted by atomic mass is 9.80. The van der Waals surface area contributed by atoms with Crippen molar-refractivity contribution in [3.63, 3.8) is 0 Å². The predicted molar refractivity (Wildman–Crippen MR) is 124 cm³/mol. The van der Waals surface area contributed by atoms with Gasteiger partial charge in [0.05, 0.1) is 0 Å². The molecule has 0 aliphatic rings. The first-order chi connectivity index (χ1) is 13.2. The molecule has 0 heteroatoms. The highest BCUT2D eigenvalue weighted by atomic mass is 14.2. The second kappa shape index (κ2) is 7.95. The first-order valence-electron chi connectivity index (χ1n) is 10.5. The molecular formula is C28H34. The van der Waals surface area contributed by atoms with E-state index in [1.54, 1.807) is 0 Å². The molecule has 0 nitrogen and oxygen atoms in total. The highest BCUT2D eigenvalue weighted by Gasteiger charge is 2.19. The van der Waals surface area contributed by atoms with E-state index in [1.165, 1.54) is 46.2 Å². The van der Waals surface area contributed by atoms with E-state index >= 15 is 0 Å². The normalized spacial score (nSPS) is 12.2. The monoisotopic (exact) mass is 370 g/mol. The second-order valence-electron chi connectivity index (χ2n) is 9.62. The van der Waals surface area contributed by atoms with Crippen molar-refractivity contribution in [3.05, 3.63) is 83.9 Å². The van der Waals surface area contributed by atoms with Gasteiger partial charge in [-0.2, -0.15) is 0 Å². The summed E-state index contributed by atoms with van der Waals surface area (Å²) in [6.45, 7) is 13.7. The van der Waals surface area contributed by atoms with Crippen molar-refractivity contribution < 1.29 is 0 Å². The Morgan fingerprint density at radius 2 is 0.821 bits per heavy atom. The summed E-state index contributed by atoms with van der Waals surface area (Å²) in [4.78, 5) is 0. The van der Waals surface area contributed by atoms with Gasteiger partial charge in [-0.3, -0.25) is 0 Å². The van der Waals surface area contributed by atoms with E-state index in [0.29, 0.717) is 0 Å². The smallest absolute Gasteiger partial charge is 0.0104 e. The van der Waals surface area contributed by atoms with E-state index in [0.717, 1.165) is 0 Å². The molecule has 0 bridgehead atoms. The molecule has 0 amide bonds. The van der Waals surface area contributed by atoms with E-state index in [-0.39, 0.29) is 10.8 Å². The van der Waals surface area contributed by atoms with Crippen LogP contribution in [0.15, 0.2) is 72.8 Å². The van der Waals surface area contributed by atoms with Crippen LogP contribution in [0.25, 0.3) is 22.3 Å². The molecule has 0 aliphatic carbocycles. The zero-order chi connectivity index (χ0) is 20.4. The molecule has 0 fully saturated rings. The summed E-state index contributed by atoms with van der Waals surface area (Å²) in [6, 6.07) is 27.0. The van der Waals surface area contributed by atoms with Gasteiger partial charge in [0.2, 0.25) is 0 Å². The number of benzene rings is 3. The number of hydrogen-bond acceptors (Lipinski definition) is 0. The fourth-order valence-corrected chi connectivity index (χ4v) is 3.90. The summed E-state index contributed by atoms with van der Waals surface area (Å²) in [5, 5.41) is 0. The molecule has 3 rings (SSSR count). The maximum absolute atomic E-state index is 2.34. The van der Waals surface area contributed by atoms with Crippen LogP contribution >= 0.6 is 0 Å². The van der Waals surface area contributed by atoms with Crippen LogP contribution in [-0.2, 0) is 10.8 Å². The molecule has 3 aromatic carbocycles. The van der Waals surface area contributed by atoms with Crippen LogP contribution < -0.4 is 0 Å². The Balaban J connectivity index is 1.79. The molecule has 0 spiro atoms. The van der Waals surface area contributed by atoms with Gasteiger partial charge in [0, 0.05) is 0 Å². The first-order valence-corrected chi connectivity index (χ1v) is 10.5. The quantitative estimate of drug-likeness (QED) is 0.423. The fraction of sp³-hybridized carbons (Fsp3) is 0.357. The molecule has 0 atom stereocenters. The van der Waals surface area contributed by atoms with Gasteiger partial charge in [-0.1, -0.05) is 121 Å². The summed E-state index contributed by atoms with van der Waals surface area (Å²) in [6.07, 6.45) is 2.43. The molecule has 0 saturated carbocycles. The second-order valence-corrected chi connectivity index (χ2v) is 9.62. The van der Waals surface area contributed by atoms with Gasteiger partial charge in [0.1, 0.15) is 0 Å². The Bertz CT molecular complexity index is 886. The van der Waals surface area contributed by atoms with Gasteiger partial charge < -0.3 is 0 Å². The highest BCUT2D eigenvalue weighted by Crippen LogP contribution is 2.31. The van der Waals surface area contributed by atoms with Gasteiger partial charge in [-0.15, -0.1) is 0 Å². The first kappa shape index (κ1) is 20.4. The average molecular weight is 371 g/mol. The minimum absolute atomic E-state index is 0.195. The summed E-state index contributed by atoms with van der Waals surface area (Å²) < 4.78 is 0. The van der Waals surface area contributed by atoms with Crippen molar-refractivity contribution in [2.45, 2.75) is 65.2 Å². The van der Waals surface area contributed by atoms with E-state index in [1.807, 2.05) is 0 Å². The average Bonchev–Trinajstić information content (AvgIpc) is 2.68. The van der Waals surface area contributed by atoms with Gasteiger partial charge in [-0.25, -0.2) is 0 Å². The van der Waals surface area contributed by atoms with E-state index < -0.39 is 0 Å². The van der Waals surface area contributed by atoms with E-state index in [4.69, 9.17) is 0 Å². The van der Waals surface area contributed by atoms with E-state index in [2.05, 4.69) is 114 Å². The molecule has 146 valence electrons. The Hall–Kier alpha value is -2.34. The standard InChI is InChI=1S/C28H34/c1-7-20-28(5,6)26-18-14-24(15-19-26)22-10-8-21(9-11-22)23-12-16-25(17-13-23)27(2,3)4/h8-19H,7,20H2,1-6H3.